The highest BCUT2D eigenvalue weighted by Gasteiger charge is 2.76. The monoisotopic (exact) mass is 721 g/mol. The fourth-order valence-corrected chi connectivity index (χ4v) is 6.05. The summed E-state index contributed by atoms with van der Waals surface area (Å²) in [7, 11) is 1.21. The number of benzene rings is 2. The topological polar surface area (TPSA) is 189 Å². The van der Waals surface area contributed by atoms with Gasteiger partial charge in [-0.25, -0.2) is 0 Å². The number of methoxy groups -OCH3 is 1. The van der Waals surface area contributed by atoms with Crippen LogP contribution in [0.15, 0.2) is 23.8 Å². The molecule has 2 aromatic rings. The molecule has 5 N–H and O–H groups in total. The lowest BCUT2D eigenvalue weighted by molar-refractivity contribution is -0.344. The number of amides is 1. The molecule has 2 aliphatic carbocycles. The number of nitrogens with one attached hydrogen (secondary N) is 1. The minimum absolute atomic E-state index is 0.0542. The van der Waals surface area contributed by atoms with E-state index in [1.165, 1.54) is 30.6 Å². The molecule has 1 amide bonds. The van der Waals surface area contributed by atoms with Gasteiger partial charge in [0.15, 0.2) is 17.9 Å². The summed E-state index contributed by atoms with van der Waals surface area (Å²) in [6, 6.07) is 2.03. The Bertz CT molecular complexity index is 1820. The van der Waals surface area contributed by atoms with Crippen molar-refractivity contribution in [2.75, 3.05) is 13.7 Å². The molecule has 0 radical (unpaired) electrons. The molecule has 19 heteroatoms. The number of hydrogen-bond acceptors (Lipinski definition) is 11. The van der Waals surface area contributed by atoms with Crippen molar-refractivity contribution in [2.24, 2.45) is 0 Å². The lowest BCUT2D eigenvalue weighted by Gasteiger charge is -2.40. The third-order valence-electron chi connectivity index (χ3n) is 8.62. The van der Waals surface area contributed by atoms with Crippen LogP contribution in [0.25, 0.3) is 6.08 Å². The summed E-state index contributed by atoms with van der Waals surface area (Å²) in [6.45, 7) is 0.0379. The second-order valence-electron chi connectivity index (χ2n) is 11.6. The molecule has 1 heterocycles. The van der Waals surface area contributed by atoms with Crippen LogP contribution >= 0.6 is 0 Å². The third kappa shape index (κ3) is 5.66. The van der Waals surface area contributed by atoms with E-state index in [0.717, 1.165) is 13.0 Å². The minimum atomic E-state index is -6.82. The number of fused-ring (bicyclic) bond motifs is 3. The summed E-state index contributed by atoms with van der Waals surface area (Å²) in [5.74, 6) is -20.9. The summed E-state index contributed by atoms with van der Waals surface area (Å²) < 4.78 is 110. The van der Waals surface area contributed by atoms with Gasteiger partial charge in [-0.2, -0.15) is 30.7 Å². The average Bonchev–Trinajstić information content (AvgIpc) is 3.05. The highest BCUT2D eigenvalue weighted by molar-refractivity contribution is 6.31. The van der Waals surface area contributed by atoms with Crippen LogP contribution in [0.5, 0.6) is 17.2 Å². The predicted molar refractivity (Wildman–Crippen MR) is 151 cm³/mol. The number of halogens is 7. The number of ketones is 3. The van der Waals surface area contributed by atoms with E-state index in [9.17, 15) is 70.3 Å². The van der Waals surface area contributed by atoms with Gasteiger partial charge in [0.25, 0.3) is 5.91 Å². The van der Waals surface area contributed by atoms with Gasteiger partial charge in [-0.05, 0) is 19.1 Å². The number of alkyl halides is 7. The van der Waals surface area contributed by atoms with Crippen molar-refractivity contribution in [2.45, 2.75) is 68.4 Å². The fourth-order valence-electron chi connectivity index (χ4n) is 6.05. The van der Waals surface area contributed by atoms with E-state index in [4.69, 9.17) is 14.2 Å². The highest BCUT2D eigenvalue weighted by Crippen LogP contribution is 2.52. The van der Waals surface area contributed by atoms with Gasteiger partial charge in [-0.15, -0.1) is 0 Å². The summed E-state index contributed by atoms with van der Waals surface area (Å²) in [5, 5.41) is 44.1. The Labute approximate surface area is 276 Å². The second kappa shape index (κ2) is 12.6. The molecule has 5 rings (SSSR count). The Morgan fingerprint density at radius 1 is 1.00 bits per heavy atom. The van der Waals surface area contributed by atoms with E-state index in [0.29, 0.717) is 0 Å². The van der Waals surface area contributed by atoms with Crippen molar-refractivity contribution < 1.29 is 84.5 Å². The van der Waals surface area contributed by atoms with Crippen molar-refractivity contribution in [3.63, 3.8) is 0 Å². The number of Topliss-reactive ketones (excluding diaryl/α,β-unsaturated/α-hetero) is 1. The number of aliphatic hydroxyl groups is 2. The molecule has 1 fully saturated rings. The molecule has 50 heavy (non-hydrogen) atoms. The number of aromatic hydroxyl groups is 2. The summed E-state index contributed by atoms with van der Waals surface area (Å²) >= 11 is 0. The molecule has 1 saturated heterocycles. The highest BCUT2D eigenvalue weighted by atomic mass is 19.4. The Hall–Kier alpha value is -4.59. The van der Waals surface area contributed by atoms with Crippen LogP contribution in [0.3, 0.4) is 0 Å². The maximum atomic E-state index is 14.1. The quantitative estimate of drug-likeness (QED) is 0.170. The van der Waals surface area contributed by atoms with Crippen LogP contribution in [0.4, 0.5) is 30.7 Å². The first-order chi connectivity index (χ1) is 23.2. The van der Waals surface area contributed by atoms with Crippen molar-refractivity contribution in [3.05, 3.63) is 57.2 Å². The lowest BCUT2D eigenvalue weighted by atomic mass is 9.77. The van der Waals surface area contributed by atoms with E-state index < -0.39 is 125 Å². The zero-order valence-electron chi connectivity index (χ0n) is 25.6. The minimum Gasteiger partial charge on any atom is -0.507 e. The number of phenols is 2. The van der Waals surface area contributed by atoms with Gasteiger partial charge in [-0.1, -0.05) is 12.1 Å². The third-order valence-corrected chi connectivity index (χ3v) is 8.62. The van der Waals surface area contributed by atoms with Crippen LogP contribution in [0.2, 0.25) is 0 Å². The van der Waals surface area contributed by atoms with Gasteiger partial charge in [0, 0.05) is 35.1 Å². The first-order valence-corrected chi connectivity index (χ1v) is 14.5. The van der Waals surface area contributed by atoms with Crippen LogP contribution in [0.1, 0.15) is 68.8 Å². The van der Waals surface area contributed by atoms with Gasteiger partial charge in [0.2, 0.25) is 5.78 Å². The Balaban J connectivity index is 1.54. The first kappa shape index (κ1) is 36.7. The summed E-state index contributed by atoms with van der Waals surface area (Å²) in [4.78, 5) is 51.9. The zero-order chi connectivity index (χ0) is 37.2. The molecule has 270 valence electrons. The number of carbonyl (C=O) groups excluding carboxylic acids is 4. The number of rotatable bonds is 8. The van der Waals surface area contributed by atoms with Crippen molar-refractivity contribution in [1.29, 1.82) is 0 Å². The number of ether oxygens (including phenoxy) is 3. The molecule has 0 saturated carbocycles. The molecule has 0 bridgehead atoms. The number of carbonyl (C=O) groups is 4. The van der Waals surface area contributed by atoms with E-state index in [2.05, 4.69) is 0 Å². The van der Waals surface area contributed by atoms with Crippen LogP contribution in [-0.2, 0) is 19.1 Å². The molecular formula is C31H26F7NO11. The molecule has 3 aliphatic rings. The molecule has 4 unspecified atom stereocenters. The van der Waals surface area contributed by atoms with Crippen molar-refractivity contribution >= 4 is 29.3 Å². The standard InChI is InChI=1S/C31H26F7NO11/c1-10-23(42)14(39-28(47)29(32,33)30(34,35)31(36,37)38)8-18(49-10)50-17-7-11(15(41)9-40)6-13-20(17)27(46)22-21(25(13)44)24(43)12-4-3-5-16(48-2)19(12)26(22)45/h3-6,10,14,17-18,23,40,42,44,46H,7-9H2,1-2H3,(H,39,47)/t10?,14?,17-,18?,23?/m0/s1. The first-order valence-electron chi connectivity index (χ1n) is 14.5. The normalized spacial score (nSPS) is 23.7. The van der Waals surface area contributed by atoms with Crippen LogP contribution in [0, 0.1) is 0 Å². The van der Waals surface area contributed by atoms with Crippen molar-refractivity contribution in [3.8, 4) is 17.2 Å². The number of phenolic OH excluding ortho intramolecular Hbond substituents is 2. The molecule has 0 spiro atoms. The molecule has 1 aliphatic heterocycles. The largest absolute Gasteiger partial charge is 0.507 e. The van der Waals surface area contributed by atoms with Gasteiger partial charge < -0.3 is 40.0 Å². The maximum Gasteiger partial charge on any atom is 0.460 e. The Morgan fingerprint density at radius 3 is 2.24 bits per heavy atom. The zero-order valence-corrected chi connectivity index (χ0v) is 25.6. The van der Waals surface area contributed by atoms with E-state index >= 15 is 0 Å². The Morgan fingerprint density at radius 2 is 1.64 bits per heavy atom. The van der Waals surface area contributed by atoms with Gasteiger partial charge in [-0.3, -0.25) is 19.2 Å². The predicted octanol–water partition coefficient (Wildman–Crippen LogP) is 3.10. The molecule has 2 aromatic carbocycles. The lowest BCUT2D eigenvalue weighted by Crippen LogP contribution is -2.63. The van der Waals surface area contributed by atoms with Gasteiger partial charge in [0.05, 0.1) is 42.0 Å². The molecule has 12 nitrogen and oxygen atoms in total. The Kier molecular flexibility index (Phi) is 9.26. The van der Waals surface area contributed by atoms with E-state index in [-0.39, 0.29) is 22.4 Å². The van der Waals surface area contributed by atoms with Gasteiger partial charge in [0.1, 0.15) is 30.0 Å². The summed E-state index contributed by atoms with van der Waals surface area (Å²) in [5.41, 5.74) is -2.85. The molecular weight excluding hydrogens is 695 g/mol. The number of aliphatic hydroxyl groups excluding tert-OH is 2. The maximum absolute atomic E-state index is 14.1. The fraction of sp³-hybridized carbons (Fsp3) is 0.419. The smallest absolute Gasteiger partial charge is 0.460 e. The average molecular weight is 722 g/mol. The number of hydrogen-bond donors (Lipinski definition) is 5. The molecule has 0 aromatic heterocycles. The summed E-state index contributed by atoms with van der Waals surface area (Å²) in [6.07, 6.45) is -14.1. The molecule has 5 atom stereocenters. The van der Waals surface area contributed by atoms with Gasteiger partial charge >= 0.3 is 18.0 Å². The van der Waals surface area contributed by atoms with E-state index in [1.54, 1.807) is 0 Å². The van der Waals surface area contributed by atoms with Crippen LogP contribution < -0.4 is 10.1 Å². The van der Waals surface area contributed by atoms with Crippen LogP contribution in [-0.4, -0.2) is 100.0 Å². The van der Waals surface area contributed by atoms with E-state index in [1.807, 2.05) is 0 Å². The second-order valence-corrected chi connectivity index (χ2v) is 11.6. The van der Waals surface area contributed by atoms with Crippen molar-refractivity contribution in [1.82, 2.24) is 5.32 Å². The SMILES string of the molecule is COc1cccc2c1C(=O)c1c(O)c3c(c(O)c1C2=O)C=C(C(=O)CO)C[C@@H]3OC1CC(NC(=O)C(F)(F)C(F)(F)C(F)(F)F)C(O)C(C)O1.